The van der Waals surface area contributed by atoms with Gasteiger partial charge in [0.05, 0.1) is 0 Å². The summed E-state index contributed by atoms with van der Waals surface area (Å²) >= 11 is 5.84. The first kappa shape index (κ1) is 13.3. The summed E-state index contributed by atoms with van der Waals surface area (Å²) in [4.78, 5) is 0. The van der Waals surface area contributed by atoms with E-state index >= 15 is 0 Å². The molecule has 0 aliphatic rings. The molecule has 0 amide bonds. The third-order valence-electron chi connectivity index (χ3n) is 2.28. The summed E-state index contributed by atoms with van der Waals surface area (Å²) in [7, 11) is 1.06. The highest BCUT2D eigenvalue weighted by Gasteiger charge is 2.39. The predicted octanol–water partition coefficient (Wildman–Crippen LogP) is 3.85. The Bertz CT molecular complexity index is 338. The summed E-state index contributed by atoms with van der Waals surface area (Å²) in [5.41, 5.74) is 0.704. The fourth-order valence-corrected chi connectivity index (χ4v) is 1.63. The third-order valence-corrected chi connectivity index (χ3v) is 2.65. The van der Waals surface area contributed by atoms with E-state index in [0.29, 0.717) is 10.6 Å². The van der Waals surface area contributed by atoms with E-state index in [9.17, 15) is 13.2 Å². The van der Waals surface area contributed by atoms with Crippen LogP contribution in [-0.4, -0.2) is 19.4 Å². The van der Waals surface area contributed by atoms with Gasteiger partial charge in [0.25, 0.3) is 0 Å². The number of benzene rings is 1. The molecule has 0 N–H and O–H groups in total. The van der Waals surface area contributed by atoms with E-state index in [1.165, 1.54) is 0 Å². The normalized spacial score (nSPS) is 13.8. The quantitative estimate of drug-likeness (QED) is 0.791. The number of aryl methyl sites for hydroxylation is 1. The molecule has 0 heterocycles. The Labute approximate surface area is 97.2 Å². The average molecular weight is 253 g/mol. The standard InChI is InChI=1S/C11H12ClF3O/c1-16-10(11(13,14)15)7-6-8-4-2-3-5-9(8)12/h2-5,10H,6-7H2,1H3. The maximum absolute atomic E-state index is 12.4. The molecule has 90 valence electrons. The van der Waals surface area contributed by atoms with Crippen LogP contribution in [0.15, 0.2) is 24.3 Å². The molecule has 0 saturated heterocycles. The van der Waals surface area contributed by atoms with Crippen molar-refractivity contribution in [1.29, 1.82) is 0 Å². The SMILES string of the molecule is COC(CCc1ccccc1Cl)C(F)(F)F. The number of ether oxygens (including phenoxy) is 1. The minimum absolute atomic E-state index is 0.121. The number of methoxy groups -OCH3 is 1. The summed E-state index contributed by atoms with van der Waals surface area (Å²) in [6.07, 6.45) is -5.93. The third kappa shape index (κ3) is 3.68. The van der Waals surface area contributed by atoms with Crippen LogP contribution in [0.2, 0.25) is 5.02 Å². The Balaban J connectivity index is 2.60. The maximum Gasteiger partial charge on any atom is 0.414 e. The molecular formula is C11H12ClF3O. The topological polar surface area (TPSA) is 9.23 Å². The Morgan fingerprint density at radius 3 is 2.44 bits per heavy atom. The molecule has 1 rings (SSSR count). The summed E-state index contributed by atoms with van der Waals surface area (Å²) in [5, 5.41) is 0.486. The van der Waals surface area contributed by atoms with Gasteiger partial charge in [-0.05, 0) is 24.5 Å². The molecular weight excluding hydrogens is 241 g/mol. The molecule has 0 aromatic heterocycles. The van der Waals surface area contributed by atoms with Gasteiger partial charge in [0.2, 0.25) is 0 Å². The predicted molar refractivity (Wildman–Crippen MR) is 56.6 cm³/mol. The highest BCUT2D eigenvalue weighted by atomic mass is 35.5. The number of alkyl halides is 3. The molecule has 1 unspecified atom stereocenters. The molecule has 16 heavy (non-hydrogen) atoms. The van der Waals surface area contributed by atoms with Gasteiger partial charge in [-0.25, -0.2) is 0 Å². The van der Waals surface area contributed by atoms with Crippen LogP contribution in [0, 0.1) is 0 Å². The van der Waals surface area contributed by atoms with Crippen molar-refractivity contribution in [1.82, 2.24) is 0 Å². The summed E-state index contributed by atoms with van der Waals surface area (Å²) < 4.78 is 41.5. The molecule has 0 spiro atoms. The monoisotopic (exact) mass is 252 g/mol. The Morgan fingerprint density at radius 1 is 1.31 bits per heavy atom. The summed E-state index contributed by atoms with van der Waals surface area (Å²) in [6.45, 7) is 0. The van der Waals surface area contributed by atoms with Crippen molar-refractivity contribution in [3.8, 4) is 0 Å². The van der Waals surface area contributed by atoms with Gasteiger partial charge in [-0.15, -0.1) is 0 Å². The fourth-order valence-electron chi connectivity index (χ4n) is 1.40. The smallest absolute Gasteiger partial charge is 0.372 e. The number of hydrogen-bond acceptors (Lipinski definition) is 1. The maximum atomic E-state index is 12.4. The van der Waals surface area contributed by atoms with Crippen LogP contribution in [0.25, 0.3) is 0 Å². The van der Waals surface area contributed by atoms with Crippen molar-refractivity contribution in [3.63, 3.8) is 0 Å². The Kier molecular flexibility index (Phi) is 4.62. The van der Waals surface area contributed by atoms with Crippen molar-refractivity contribution in [3.05, 3.63) is 34.9 Å². The van der Waals surface area contributed by atoms with Crippen molar-refractivity contribution in [2.24, 2.45) is 0 Å². The molecule has 0 aliphatic heterocycles. The molecule has 1 nitrogen and oxygen atoms in total. The van der Waals surface area contributed by atoms with Crippen LogP contribution in [0.3, 0.4) is 0 Å². The van der Waals surface area contributed by atoms with E-state index in [4.69, 9.17) is 11.6 Å². The van der Waals surface area contributed by atoms with Crippen LogP contribution in [-0.2, 0) is 11.2 Å². The van der Waals surface area contributed by atoms with Gasteiger partial charge in [0.15, 0.2) is 6.10 Å². The summed E-state index contributed by atoms with van der Waals surface area (Å²) in [6, 6.07) is 6.86. The van der Waals surface area contributed by atoms with E-state index in [-0.39, 0.29) is 12.8 Å². The minimum atomic E-state index is -4.32. The van der Waals surface area contributed by atoms with Crippen molar-refractivity contribution in [2.75, 3.05) is 7.11 Å². The number of halogens is 4. The van der Waals surface area contributed by atoms with Gasteiger partial charge in [-0.1, -0.05) is 29.8 Å². The van der Waals surface area contributed by atoms with Crippen molar-refractivity contribution in [2.45, 2.75) is 25.1 Å². The zero-order valence-electron chi connectivity index (χ0n) is 8.72. The van der Waals surface area contributed by atoms with Gasteiger partial charge in [-0.2, -0.15) is 13.2 Å². The Hall–Kier alpha value is -0.740. The second-order valence-electron chi connectivity index (χ2n) is 3.40. The van der Waals surface area contributed by atoms with Crippen LogP contribution in [0.5, 0.6) is 0 Å². The van der Waals surface area contributed by atoms with E-state index in [0.717, 1.165) is 7.11 Å². The highest BCUT2D eigenvalue weighted by molar-refractivity contribution is 6.31. The number of hydrogen-bond donors (Lipinski definition) is 0. The average Bonchev–Trinajstić information content (AvgIpc) is 2.19. The molecule has 0 bridgehead atoms. The van der Waals surface area contributed by atoms with Crippen LogP contribution in [0.1, 0.15) is 12.0 Å². The largest absolute Gasteiger partial charge is 0.414 e. The van der Waals surface area contributed by atoms with Gasteiger partial charge in [-0.3, -0.25) is 0 Å². The fraction of sp³-hybridized carbons (Fsp3) is 0.455. The number of rotatable bonds is 4. The lowest BCUT2D eigenvalue weighted by Crippen LogP contribution is -2.31. The van der Waals surface area contributed by atoms with Crippen LogP contribution in [0.4, 0.5) is 13.2 Å². The molecule has 0 saturated carbocycles. The lowest BCUT2D eigenvalue weighted by Gasteiger charge is -2.18. The van der Waals surface area contributed by atoms with Gasteiger partial charge >= 0.3 is 6.18 Å². The van der Waals surface area contributed by atoms with Gasteiger partial charge in [0, 0.05) is 12.1 Å². The highest BCUT2D eigenvalue weighted by Crippen LogP contribution is 2.27. The zero-order chi connectivity index (χ0) is 12.2. The first-order chi connectivity index (χ1) is 7.45. The second kappa shape index (κ2) is 5.55. The minimum Gasteiger partial charge on any atom is -0.372 e. The molecule has 5 heteroatoms. The lowest BCUT2D eigenvalue weighted by atomic mass is 10.1. The van der Waals surface area contributed by atoms with E-state index in [1.54, 1.807) is 24.3 Å². The van der Waals surface area contributed by atoms with Crippen LogP contribution < -0.4 is 0 Å². The van der Waals surface area contributed by atoms with Gasteiger partial charge in [0.1, 0.15) is 0 Å². The molecule has 0 fully saturated rings. The summed E-state index contributed by atoms with van der Waals surface area (Å²) in [5.74, 6) is 0. The van der Waals surface area contributed by atoms with Gasteiger partial charge < -0.3 is 4.74 Å². The van der Waals surface area contributed by atoms with Crippen molar-refractivity contribution >= 4 is 11.6 Å². The Morgan fingerprint density at radius 2 is 1.94 bits per heavy atom. The second-order valence-corrected chi connectivity index (χ2v) is 3.80. The first-order valence-corrected chi connectivity index (χ1v) is 5.16. The molecule has 1 aromatic rings. The molecule has 1 atom stereocenters. The first-order valence-electron chi connectivity index (χ1n) is 4.78. The zero-order valence-corrected chi connectivity index (χ0v) is 9.48. The van der Waals surface area contributed by atoms with E-state index in [2.05, 4.69) is 4.74 Å². The molecule has 1 aromatic carbocycles. The molecule has 0 aliphatic carbocycles. The lowest BCUT2D eigenvalue weighted by molar-refractivity contribution is -0.214. The van der Waals surface area contributed by atoms with E-state index in [1.807, 2.05) is 0 Å². The van der Waals surface area contributed by atoms with E-state index < -0.39 is 12.3 Å². The van der Waals surface area contributed by atoms with Crippen LogP contribution >= 0.6 is 11.6 Å². The van der Waals surface area contributed by atoms with Crippen molar-refractivity contribution < 1.29 is 17.9 Å². The molecule has 0 radical (unpaired) electrons.